The van der Waals surface area contributed by atoms with Gasteiger partial charge in [-0.05, 0) is 42.8 Å². The number of amides is 2. The zero-order valence-electron chi connectivity index (χ0n) is 16.1. The molecule has 4 nitrogen and oxygen atoms in total. The summed E-state index contributed by atoms with van der Waals surface area (Å²) < 4.78 is 38.6. The van der Waals surface area contributed by atoms with E-state index in [-0.39, 0.29) is 5.91 Å². The van der Waals surface area contributed by atoms with E-state index in [1.165, 1.54) is 18.2 Å². The van der Waals surface area contributed by atoms with Crippen molar-refractivity contribution in [3.63, 3.8) is 0 Å². The van der Waals surface area contributed by atoms with Crippen molar-refractivity contribution in [1.29, 1.82) is 0 Å². The van der Waals surface area contributed by atoms with Gasteiger partial charge in [0.05, 0.1) is 11.6 Å². The zero-order valence-corrected chi connectivity index (χ0v) is 16.1. The van der Waals surface area contributed by atoms with Gasteiger partial charge < -0.3 is 10.6 Å². The predicted octanol–water partition coefficient (Wildman–Crippen LogP) is 5.18. The minimum Gasteiger partial charge on any atom is -0.346 e. The second-order valence-corrected chi connectivity index (χ2v) is 7.60. The van der Waals surface area contributed by atoms with Gasteiger partial charge in [0.15, 0.2) is 0 Å². The van der Waals surface area contributed by atoms with Crippen LogP contribution in [0.15, 0.2) is 48.5 Å². The van der Waals surface area contributed by atoms with Crippen molar-refractivity contribution < 1.29 is 22.8 Å². The molecular weight excluding hydrogens is 369 g/mol. The van der Waals surface area contributed by atoms with E-state index in [1.807, 2.05) is 0 Å². The molecule has 2 aromatic carbocycles. The molecule has 1 atom stereocenters. The molecule has 0 spiro atoms. The summed E-state index contributed by atoms with van der Waals surface area (Å²) >= 11 is 0. The summed E-state index contributed by atoms with van der Waals surface area (Å²) in [6.07, 6.45) is -4.45. The molecule has 1 unspecified atom stereocenters. The SMILES string of the molecule is CC(NC(=O)c1cccc(NC(=O)C(C)(C)C)c1)c1cccc(C(F)(F)F)c1. The molecule has 2 N–H and O–H groups in total. The molecule has 2 aromatic rings. The normalized spacial score (nSPS) is 13.0. The summed E-state index contributed by atoms with van der Waals surface area (Å²) in [4.78, 5) is 24.6. The van der Waals surface area contributed by atoms with Crippen molar-refractivity contribution in [2.24, 2.45) is 5.41 Å². The molecule has 0 aliphatic rings. The van der Waals surface area contributed by atoms with Crippen LogP contribution in [0.2, 0.25) is 0 Å². The summed E-state index contributed by atoms with van der Waals surface area (Å²) in [7, 11) is 0. The number of nitrogens with one attached hydrogen (secondary N) is 2. The largest absolute Gasteiger partial charge is 0.416 e. The van der Waals surface area contributed by atoms with Crippen molar-refractivity contribution >= 4 is 17.5 Å². The van der Waals surface area contributed by atoms with E-state index in [2.05, 4.69) is 10.6 Å². The molecule has 2 amide bonds. The van der Waals surface area contributed by atoms with Crippen LogP contribution >= 0.6 is 0 Å². The number of hydrogen-bond donors (Lipinski definition) is 2. The van der Waals surface area contributed by atoms with E-state index in [0.29, 0.717) is 16.8 Å². The number of hydrogen-bond acceptors (Lipinski definition) is 2. The Morgan fingerprint density at radius 1 is 0.964 bits per heavy atom. The highest BCUT2D eigenvalue weighted by Crippen LogP contribution is 2.30. The molecule has 150 valence electrons. The van der Waals surface area contributed by atoms with E-state index < -0.39 is 29.1 Å². The number of rotatable bonds is 4. The first-order chi connectivity index (χ1) is 12.9. The maximum atomic E-state index is 12.9. The Kier molecular flexibility index (Phi) is 6.17. The van der Waals surface area contributed by atoms with Crippen molar-refractivity contribution in [3.05, 3.63) is 65.2 Å². The number of carbonyl (C=O) groups is 2. The minimum atomic E-state index is -4.45. The van der Waals surface area contributed by atoms with Gasteiger partial charge in [-0.1, -0.05) is 39.0 Å². The average molecular weight is 392 g/mol. The van der Waals surface area contributed by atoms with Gasteiger partial charge in [0.25, 0.3) is 5.91 Å². The molecule has 0 aliphatic heterocycles. The second-order valence-electron chi connectivity index (χ2n) is 7.60. The topological polar surface area (TPSA) is 58.2 Å². The molecule has 0 fully saturated rings. The second kappa shape index (κ2) is 8.04. The Bertz CT molecular complexity index is 870. The molecule has 2 rings (SSSR count). The standard InChI is InChI=1S/C21H23F3N2O2/c1-13(14-7-5-9-16(11-14)21(22,23)24)25-18(27)15-8-6-10-17(12-15)26-19(28)20(2,3)4/h5-13H,1-4H3,(H,25,27)(H,26,28). The van der Waals surface area contributed by atoms with Crippen LogP contribution < -0.4 is 10.6 Å². The fraction of sp³-hybridized carbons (Fsp3) is 0.333. The van der Waals surface area contributed by atoms with Crippen LogP contribution in [0.25, 0.3) is 0 Å². The lowest BCUT2D eigenvalue weighted by atomic mass is 9.95. The van der Waals surface area contributed by atoms with Crippen LogP contribution in [0.1, 0.15) is 55.2 Å². The van der Waals surface area contributed by atoms with Crippen LogP contribution in [-0.4, -0.2) is 11.8 Å². The Morgan fingerprint density at radius 2 is 1.61 bits per heavy atom. The van der Waals surface area contributed by atoms with Crippen molar-refractivity contribution in [2.45, 2.75) is 39.9 Å². The molecular formula is C21H23F3N2O2. The maximum Gasteiger partial charge on any atom is 0.416 e. The summed E-state index contributed by atoms with van der Waals surface area (Å²) in [5.74, 6) is -0.640. The third kappa shape index (κ3) is 5.58. The number of benzene rings is 2. The van der Waals surface area contributed by atoms with Crippen LogP contribution in [0, 0.1) is 5.41 Å². The molecule has 0 saturated heterocycles. The van der Waals surface area contributed by atoms with E-state index in [0.717, 1.165) is 12.1 Å². The third-order valence-electron chi connectivity index (χ3n) is 4.13. The van der Waals surface area contributed by atoms with Gasteiger partial charge in [0.1, 0.15) is 0 Å². The first-order valence-corrected chi connectivity index (χ1v) is 8.77. The number of anilines is 1. The Balaban J connectivity index is 2.13. The molecule has 0 bridgehead atoms. The minimum absolute atomic E-state index is 0.192. The van der Waals surface area contributed by atoms with Gasteiger partial charge in [-0.25, -0.2) is 0 Å². The summed E-state index contributed by atoms with van der Waals surface area (Å²) in [5.41, 5.74) is -0.237. The smallest absolute Gasteiger partial charge is 0.346 e. The highest BCUT2D eigenvalue weighted by atomic mass is 19.4. The van der Waals surface area contributed by atoms with Crippen LogP contribution in [0.5, 0.6) is 0 Å². The Morgan fingerprint density at radius 3 is 2.21 bits per heavy atom. The third-order valence-corrected chi connectivity index (χ3v) is 4.13. The lowest BCUT2D eigenvalue weighted by Crippen LogP contribution is -2.28. The molecule has 0 radical (unpaired) electrons. The predicted molar refractivity (Wildman–Crippen MR) is 102 cm³/mol. The van der Waals surface area contributed by atoms with E-state index >= 15 is 0 Å². The highest BCUT2D eigenvalue weighted by Gasteiger charge is 2.30. The monoisotopic (exact) mass is 392 g/mol. The fourth-order valence-corrected chi connectivity index (χ4v) is 2.40. The number of alkyl halides is 3. The van der Waals surface area contributed by atoms with E-state index in [4.69, 9.17) is 0 Å². The zero-order chi connectivity index (χ0) is 21.1. The van der Waals surface area contributed by atoms with Gasteiger partial charge in [-0.2, -0.15) is 13.2 Å². The van der Waals surface area contributed by atoms with Gasteiger partial charge in [0.2, 0.25) is 5.91 Å². The fourth-order valence-electron chi connectivity index (χ4n) is 2.40. The molecule has 0 heterocycles. The van der Waals surface area contributed by atoms with E-state index in [9.17, 15) is 22.8 Å². The molecule has 0 aliphatic carbocycles. The number of carbonyl (C=O) groups excluding carboxylic acids is 2. The van der Waals surface area contributed by atoms with Gasteiger partial charge in [-0.3, -0.25) is 9.59 Å². The molecule has 0 saturated carbocycles. The van der Waals surface area contributed by atoms with Crippen molar-refractivity contribution in [1.82, 2.24) is 5.32 Å². The van der Waals surface area contributed by atoms with Crippen molar-refractivity contribution in [3.8, 4) is 0 Å². The maximum absolute atomic E-state index is 12.9. The summed E-state index contributed by atoms with van der Waals surface area (Å²) in [6, 6.07) is 10.6. The Labute approximate surface area is 162 Å². The van der Waals surface area contributed by atoms with Crippen LogP contribution in [-0.2, 0) is 11.0 Å². The van der Waals surface area contributed by atoms with Gasteiger partial charge >= 0.3 is 6.18 Å². The molecule has 7 heteroatoms. The first-order valence-electron chi connectivity index (χ1n) is 8.77. The first kappa shape index (κ1) is 21.5. The lowest BCUT2D eigenvalue weighted by molar-refractivity contribution is -0.137. The highest BCUT2D eigenvalue weighted by molar-refractivity contribution is 5.98. The number of halogens is 3. The summed E-state index contributed by atoms with van der Waals surface area (Å²) in [5, 5.41) is 5.43. The van der Waals surface area contributed by atoms with Crippen LogP contribution in [0.4, 0.5) is 18.9 Å². The van der Waals surface area contributed by atoms with Gasteiger partial charge in [0, 0.05) is 16.7 Å². The van der Waals surface area contributed by atoms with E-state index in [1.54, 1.807) is 45.9 Å². The quantitative estimate of drug-likeness (QED) is 0.753. The van der Waals surface area contributed by atoms with Crippen molar-refractivity contribution in [2.75, 3.05) is 5.32 Å². The lowest BCUT2D eigenvalue weighted by Gasteiger charge is -2.18. The van der Waals surface area contributed by atoms with Gasteiger partial charge in [-0.15, -0.1) is 0 Å². The summed E-state index contributed by atoms with van der Waals surface area (Å²) in [6.45, 7) is 6.93. The van der Waals surface area contributed by atoms with Crippen LogP contribution in [0.3, 0.4) is 0 Å². The average Bonchev–Trinajstić information content (AvgIpc) is 2.60. The molecule has 0 aromatic heterocycles. The molecule has 28 heavy (non-hydrogen) atoms. The Hall–Kier alpha value is -2.83.